The lowest BCUT2D eigenvalue weighted by atomic mass is 10.1. The zero-order valence-corrected chi connectivity index (χ0v) is 21.5. The van der Waals surface area contributed by atoms with Crippen LogP contribution in [0, 0.1) is 0 Å². The molecule has 37 heavy (non-hydrogen) atoms. The topological polar surface area (TPSA) is 150 Å². The molecule has 12 nitrogen and oxygen atoms in total. The van der Waals surface area contributed by atoms with Gasteiger partial charge in [-0.25, -0.2) is 14.8 Å². The van der Waals surface area contributed by atoms with E-state index in [4.69, 9.17) is 15.4 Å². The van der Waals surface area contributed by atoms with Crippen LogP contribution in [0.15, 0.2) is 42.9 Å². The van der Waals surface area contributed by atoms with Crippen LogP contribution in [0.1, 0.15) is 32.3 Å². The number of nitrogens with two attached hydrogens (primary N) is 1. The van der Waals surface area contributed by atoms with Crippen LogP contribution in [0.5, 0.6) is 0 Å². The van der Waals surface area contributed by atoms with Gasteiger partial charge in [0.2, 0.25) is 11.8 Å². The molecule has 1 aliphatic heterocycles. The molecule has 1 aliphatic rings. The van der Waals surface area contributed by atoms with E-state index in [1.807, 2.05) is 30.3 Å². The highest BCUT2D eigenvalue weighted by Crippen LogP contribution is 2.18. The van der Waals surface area contributed by atoms with Crippen LogP contribution >= 0.6 is 0 Å². The molecule has 202 valence electrons. The Morgan fingerprint density at radius 1 is 1.24 bits per heavy atom. The second-order valence-electron chi connectivity index (χ2n) is 9.50. The number of aromatic nitrogens is 2. The average molecular weight is 517 g/mol. The second kappa shape index (κ2) is 13.3. The van der Waals surface area contributed by atoms with Gasteiger partial charge >= 0.3 is 0 Å². The monoisotopic (exact) mass is 516 g/mol. The third-order valence-electron chi connectivity index (χ3n) is 5.88. The summed E-state index contributed by atoms with van der Waals surface area (Å²) in [7, 11) is 1.44. The molecule has 1 aromatic heterocycles. The summed E-state index contributed by atoms with van der Waals surface area (Å²) in [6, 6.07) is 8.44. The van der Waals surface area contributed by atoms with E-state index >= 15 is 0 Å². The van der Waals surface area contributed by atoms with Gasteiger partial charge in [-0.2, -0.15) is 0 Å². The molecule has 2 heterocycles. The summed E-state index contributed by atoms with van der Waals surface area (Å²) in [6.45, 7) is 4.33. The summed E-state index contributed by atoms with van der Waals surface area (Å²) in [5.74, 6) is -0.849. The van der Waals surface area contributed by atoms with E-state index in [0.29, 0.717) is 13.2 Å². The molecule has 4 N–H and O–H groups in total. The van der Waals surface area contributed by atoms with Gasteiger partial charge in [-0.15, -0.1) is 0 Å². The van der Waals surface area contributed by atoms with Crippen molar-refractivity contribution in [1.29, 1.82) is 0 Å². The lowest BCUT2D eigenvalue weighted by Crippen LogP contribution is -2.56. The third-order valence-corrected chi connectivity index (χ3v) is 5.88. The minimum atomic E-state index is -1.18. The molecular weight excluding hydrogens is 480 g/mol. The quantitative estimate of drug-likeness (QED) is 0.262. The Morgan fingerprint density at radius 2 is 2.00 bits per heavy atom. The highest BCUT2D eigenvalue weighted by Gasteiger charge is 2.30. The van der Waals surface area contributed by atoms with E-state index < -0.39 is 23.4 Å². The van der Waals surface area contributed by atoms with E-state index in [-0.39, 0.29) is 37.5 Å². The van der Waals surface area contributed by atoms with E-state index in [1.54, 1.807) is 29.5 Å². The maximum atomic E-state index is 13.0. The van der Waals surface area contributed by atoms with Crippen molar-refractivity contribution in [2.24, 2.45) is 5.73 Å². The number of nitrogens with one attached hydrogen (secondary N) is 2. The fourth-order valence-corrected chi connectivity index (χ4v) is 3.85. The largest absolute Gasteiger partial charge is 0.374 e. The molecule has 1 unspecified atom stereocenters. The Kier molecular flexibility index (Phi) is 10.1. The maximum absolute atomic E-state index is 13.0. The van der Waals surface area contributed by atoms with E-state index in [9.17, 15) is 14.4 Å². The summed E-state index contributed by atoms with van der Waals surface area (Å²) in [6.07, 6.45) is 4.77. The summed E-state index contributed by atoms with van der Waals surface area (Å²) in [5.41, 5.74) is 5.64. The van der Waals surface area contributed by atoms with Crippen LogP contribution in [0.3, 0.4) is 0 Å². The van der Waals surface area contributed by atoms with Crippen LogP contribution in [0.25, 0.3) is 0 Å². The molecule has 3 rings (SSSR count). The first-order valence-electron chi connectivity index (χ1n) is 12.2. The van der Waals surface area contributed by atoms with Crippen molar-refractivity contribution in [3.8, 4) is 0 Å². The number of benzene rings is 1. The Balaban J connectivity index is 1.58. The van der Waals surface area contributed by atoms with Gasteiger partial charge in [0.15, 0.2) is 5.82 Å². The number of ether oxygens (including phenoxy) is 1. The summed E-state index contributed by atoms with van der Waals surface area (Å²) in [5, 5.41) is 5.32. The molecule has 0 radical (unpaired) electrons. The summed E-state index contributed by atoms with van der Waals surface area (Å²) >= 11 is 0. The zero-order valence-electron chi connectivity index (χ0n) is 21.5. The molecule has 1 aromatic carbocycles. The van der Waals surface area contributed by atoms with Crippen molar-refractivity contribution in [3.05, 3.63) is 48.4 Å². The van der Waals surface area contributed by atoms with Gasteiger partial charge in [-0.05, 0) is 32.3 Å². The third kappa shape index (κ3) is 8.64. The first-order valence-corrected chi connectivity index (χ1v) is 12.2. The standard InChI is InChI=1S/C25H36N6O6/c1-25(2,26)24(34)28-20(16-36-14-18-8-5-4-6-9-18)23(33)29-21-12-30(17-27-21)13-22(32)31-11-7-10-19(31)15-37-35-3/h4-6,8-9,12,17,19-20H,7,10-11,13-16,26H2,1-3H3,(H,28,34)(H,29,33)/t19?,20-/m1/s1. The van der Waals surface area contributed by atoms with Crippen LogP contribution < -0.4 is 16.4 Å². The van der Waals surface area contributed by atoms with Gasteiger partial charge in [-0.1, -0.05) is 30.3 Å². The number of hydrogen-bond donors (Lipinski definition) is 3. The van der Waals surface area contributed by atoms with Gasteiger partial charge in [0, 0.05) is 12.7 Å². The predicted octanol–water partition coefficient (Wildman–Crippen LogP) is 0.830. The van der Waals surface area contributed by atoms with Gasteiger partial charge in [0.05, 0.1) is 38.2 Å². The molecule has 12 heteroatoms. The van der Waals surface area contributed by atoms with Crippen LogP contribution in [-0.4, -0.2) is 76.7 Å². The number of amides is 3. The number of hydrogen-bond acceptors (Lipinski definition) is 8. The molecule has 3 amide bonds. The molecule has 0 saturated carbocycles. The number of likely N-dealkylation sites (tertiary alicyclic amines) is 1. The van der Waals surface area contributed by atoms with Crippen LogP contribution in [0.2, 0.25) is 0 Å². The van der Waals surface area contributed by atoms with Gasteiger partial charge in [0.1, 0.15) is 19.2 Å². The Hall–Kier alpha value is -3.32. The Labute approximate surface area is 216 Å². The second-order valence-corrected chi connectivity index (χ2v) is 9.50. The lowest BCUT2D eigenvalue weighted by molar-refractivity contribution is -0.278. The van der Waals surface area contributed by atoms with Crippen molar-refractivity contribution in [2.75, 3.05) is 32.2 Å². The summed E-state index contributed by atoms with van der Waals surface area (Å²) in [4.78, 5) is 53.9. The molecule has 1 saturated heterocycles. The number of anilines is 1. The average Bonchev–Trinajstić information content (AvgIpc) is 3.51. The number of carbonyl (C=O) groups is 3. The van der Waals surface area contributed by atoms with Crippen molar-refractivity contribution >= 4 is 23.5 Å². The van der Waals surface area contributed by atoms with E-state index in [1.165, 1.54) is 13.4 Å². The molecule has 0 bridgehead atoms. The lowest BCUT2D eigenvalue weighted by Gasteiger charge is -2.24. The predicted molar refractivity (Wildman–Crippen MR) is 135 cm³/mol. The SMILES string of the molecule is COOCC1CCCN1C(=O)Cn1cnc(NC(=O)[C@@H](COCc2ccccc2)NC(=O)C(C)(C)N)c1. The zero-order chi connectivity index (χ0) is 26.8. The van der Waals surface area contributed by atoms with Crippen molar-refractivity contribution in [2.45, 2.75) is 57.5 Å². The fourth-order valence-electron chi connectivity index (χ4n) is 3.85. The molecule has 0 aliphatic carbocycles. The smallest absolute Gasteiger partial charge is 0.250 e. The number of carbonyl (C=O) groups excluding carboxylic acids is 3. The highest BCUT2D eigenvalue weighted by atomic mass is 17.2. The minimum Gasteiger partial charge on any atom is -0.374 e. The number of imidazole rings is 1. The first-order chi connectivity index (χ1) is 17.7. The van der Waals surface area contributed by atoms with Crippen molar-refractivity contribution in [3.63, 3.8) is 0 Å². The number of nitrogens with zero attached hydrogens (tertiary/aromatic N) is 3. The minimum absolute atomic E-state index is 0.0396. The van der Waals surface area contributed by atoms with E-state index in [2.05, 4.69) is 20.5 Å². The Bertz CT molecular complexity index is 1040. The van der Waals surface area contributed by atoms with Crippen molar-refractivity contribution < 1.29 is 28.9 Å². The fraction of sp³-hybridized carbons (Fsp3) is 0.520. The van der Waals surface area contributed by atoms with Gasteiger partial charge < -0.3 is 30.6 Å². The van der Waals surface area contributed by atoms with Crippen LogP contribution in [0.4, 0.5) is 5.82 Å². The van der Waals surface area contributed by atoms with E-state index in [0.717, 1.165) is 18.4 Å². The summed E-state index contributed by atoms with van der Waals surface area (Å²) < 4.78 is 7.29. The number of rotatable bonds is 13. The van der Waals surface area contributed by atoms with Crippen molar-refractivity contribution in [1.82, 2.24) is 19.8 Å². The normalized spacial score (nSPS) is 16.4. The van der Waals surface area contributed by atoms with Crippen LogP contribution in [-0.2, 0) is 42.0 Å². The maximum Gasteiger partial charge on any atom is 0.250 e. The molecule has 2 atom stereocenters. The van der Waals surface area contributed by atoms with Gasteiger partial charge in [-0.3, -0.25) is 14.4 Å². The molecular formula is C25H36N6O6. The Morgan fingerprint density at radius 3 is 2.70 bits per heavy atom. The highest BCUT2D eigenvalue weighted by molar-refractivity contribution is 5.98. The molecule has 1 fully saturated rings. The molecule has 2 aromatic rings. The van der Waals surface area contributed by atoms with Gasteiger partial charge in [0.25, 0.3) is 5.91 Å². The molecule has 0 spiro atoms. The first kappa shape index (κ1) is 28.3.